The number of hydrogen-bond donors (Lipinski definition) is 3. The Hall–Kier alpha value is -3.89. The number of alkyl halides is 3. The van der Waals surface area contributed by atoms with Gasteiger partial charge in [0.25, 0.3) is 0 Å². The summed E-state index contributed by atoms with van der Waals surface area (Å²) in [6, 6.07) is 9.83. The van der Waals surface area contributed by atoms with Crippen molar-refractivity contribution in [3.63, 3.8) is 0 Å². The molecule has 0 fully saturated rings. The second kappa shape index (κ2) is 9.35. The fraction of sp³-hybridized carbons (Fsp3) is 0.111. The lowest BCUT2D eigenvalue weighted by Gasteiger charge is -2.09. The lowest BCUT2D eigenvalue weighted by Crippen LogP contribution is -2.32. The third-order valence-corrected chi connectivity index (χ3v) is 3.28. The number of nitrogens with zero attached hydrogens (tertiary/aromatic N) is 1. The Balaban J connectivity index is 1.88. The van der Waals surface area contributed by atoms with E-state index in [-0.39, 0.29) is 5.69 Å². The highest BCUT2D eigenvalue weighted by atomic mass is 19.4. The van der Waals surface area contributed by atoms with E-state index in [4.69, 9.17) is 9.84 Å². The van der Waals surface area contributed by atoms with Gasteiger partial charge < -0.3 is 15.2 Å². The van der Waals surface area contributed by atoms with E-state index >= 15 is 0 Å². The van der Waals surface area contributed by atoms with Crippen LogP contribution in [0.1, 0.15) is 11.1 Å². The molecule has 2 amide bonds. The van der Waals surface area contributed by atoms with Crippen molar-refractivity contribution in [2.45, 2.75) is 6.18 Å². The third-order valence-electron chi connectivity index (χ3n) is 3.28. The molecule has 29 heavy (non-hydrogen) atoms. The molecule has 0 unspecified atom stereocenters. The Bertz CT molecular complexity index is 927. The number of carboxylic acid groups (broad SMARTS) is 1. The van der Waals surface area contributed by atoms with Crippen LogP contribution < -0.4 is 15.5 Å². The zero-order valence-corrected chi connectivity index (χ0v) is 14.6. The van der Waals surface area contributed by atoms with Crippen LogP contribution in [0.4, 0.5) is 18.9 Å². The molecule has 2 rings (SSSR count). The van der Waals surface area contributed by atoms with Crippen LogP contribution in [0.3, 0.4) is 0 Å². The predicted octanol–water partition coefficient (Wildman–Crippen LogP) is 2.26. The number of benzene rings is 2. The quantitative estimate of drug-likeness (QED) is 0.384. The van der Waals surface area contributed by atoms with Gasteiger partial charge in [-0.1, -0.05) is 6.07 Å². The smallest absolute Gasteiger partial charge is 0.416 e. The second-order valence-corrected chi connectivity index (χ2v) is 5.48. The van der Waals surface area contributed by atoms with E-state index in [1.54, 1.807) is 0 Å². The molecule has 0 saturated carbocycles. The number of hydrazone groups is 1. The summed E-state index contributed by atoms with van der Waals surface area (Å²) in [5, 5.41) is 14.1. The van der Waals surface area contributed by atoms with Gasteiger partial charge >= 0.3 is 24.0 Å². The molecule has 0 heterocycles. The molecule has 0 aliphatic rings. The molecule has 0 aliphatic carbocycles. The maximum atomic E-state index is 12.6. The van der Waals surface area contributed by atoms with E-state index in [2.05, 4.69) is 5.10 Å². The summed E-state index contributed by atoms with van der Waals surface area (Å²) in [4.78, 5) is 33.8. The topological polar surface area (TPSA) is 117 Å². The van der Waals surface area contributed by atoms with E-state index in [1.165, 1.54) is 36.5 Å². The maximum absolute atomic E-state index is 12.6. The number of anilines is 1. The summed E-state index contributed by atoms with van der Waals surface area (Å²) in [5.41, 5.74) is 1.28. The van der Waals surface area contributed by atoms with Crippen LogP contribution in [0.5, 0.6) is 5.75 Å². The van der Waals surface area contributed by atoms with Crippen molar-refractivity contribution in [2.24, 2.45) is 5.10 Å². The minimum absolute atomic E-state index is 0.194. The van der Waals surface area contributed by atoms with E-state index in [9.17, 15) is 27.6 Å². The van der Waals surface area contributed by atoms with Crippen molar-refractivity contribution in [2.75, 3.05) is 11.9 Å². The number of ether oxygens (including phenoxy) is 1. The van der Waals surface area contributed by atoms with Crippen LogP contribution in [0, 0.1) is 0 Å². The highest BCUT2D eigenvalue weighted by Gasteiger charge is 2.30. The molecule has 11 heteroatoms. The number of rotatable bonds is 6. The van der Waals surface area contributed by atoms with Gasteiger partial charge in [0.05, 0.1) is 11.8 Å². The van der Waals surface area contributed by atoms with Gasteiger partial charge in [-0.15, -0.1) is 0 Å². The maximum Gasteiger partial charge on any atom is 0.416 e. The third kappa shape index (κ3) is 6.97. The van der Waals surface area contributed by atoms with Gasteiger partial charge in [-0.05, 0) is 48.0 Å². The monoisotopic (exact) mass is 409 g/mol. The van der Waals surface area contributed by atoms with Crippen molar-refractivity contribution in [1.82, 2.24) is 5.43 Å². The van der Waals surface area contributed by atoms with Crippen LogP contribution >= 0.6 is 0 Å². The number of hydrogen-bond acceptors (Lipinski definition) is 5. The van der Waals surface area contributed by atoms with Gasteiger partial charge in [0, 0.05) is 5.69 Å². The molecule has 2 aromatic rings. The molecule has 8 nitrogen and oxygen atoms in total. The molecular weight excluding hydrogens is 395 g/mol. The molecule has 0 spiro atoms. The Morgan fingerprint density at radius 3 is 2.38 bits per heavy atom. The van der Waals surface area contributed by atoms with E-state index in [0.717, 1.165) is 12.1 Å². The molecule has 0 atom stereocenters. The fourth-order valence-electron chi connectivity index (χ4n) is 1.97. The lowest BCUT2D eigenvalue weighted by atomic mass is 10.2. The Morgan fingerprint density at radius 2 is 1.76 bits per heavy atom. The fourth-order valence-corrected chi connectivity index (χ4v) is 1.97. The molecule has 0 bridgehead atoms. The van der Waals surface area contributed by atoms with Crippen LogP contribution in [0.2, 0.25) is 0 Å². The number of carbonyl (C=O) groups excluding carboxylic acids is 2. The molecule has 0 aliphatic heterocycles. The number of aliphatic carboxylic acids is 1. The largest absolute Gasteiger partial charge is 0.482 e. The molecule has 0 aromatic heterocycles. The zero-order chi connectivity index (χ0) is 21.4. The van der Waals surface area contributed by atoms with Crippen molar-refractivity contribution >= 4 is 29.7 Å². The van der Waals surface area contributed by atoms with Crippen LogP contribution in [-0.4, -0.2) is 35.7 Å². The first-order valence-electron chi connectivity index (χ1n) is 7.91. The Morgan fingerprint density at radius 1 is 1.07 bits per heavy atom. The van der Waals surface area contributed by atoms with Crippen molar-refractivity contribution in [1.29, 1.82) is 0 Å². The summed E-state index contributed by atoms with van der Waals surface area (Å²) >= 11 is 0. The number of carbonyl (C=O) groups is 3. The van der Waals surface area contributed by atoms with E-state index in [0.29, 0.717) is 17.4 Å². The standard InChI is InChI=1S/C18H14F3N3O5/c19-18(20,21)12-2-1-3-13(8-12)23-16(27)17(28)24-22-9-11-4-6-14(7-5-11)29-10-15(25)26/h1-9H,10H2,(H,23,27)(H,24,28)(H,25,26)/b22-9-. The van der Waals surface area contributed by atoms with Crippen molar-refractivity contribution < 1.29 is 37.4 Å². The van der Waals surface area contributed by atoms with Gasteiger partial charge in [-0.3, -0.25) is 9.59 Å². The van der Waals surface area contributed by atoms with Gasteiger partial charge in [0.1, 0.15) is 5.75 Å². The summed E-state index contributed by atoms with van der Waals surface area (Å²) in [7, 11) is 0. The minimum Gasteiger partial charge on any atom is -0.482 e. The van der Waals surface area contributed by atoms with Crippen LogP contribution in [-0.2, 0) is 20.6 Å². The predicted molar refractivity (Wildman–Crippen MR) is 95.4 cm³/mol. The van der Waals surface area contributed by atoms with E-state index < -0.39 is 36.1 Å². The average molecular weight is 409 g/mol. The first kappa shape index (κ1) is 21.4. The van der Waals surface area contributed by atoms with Gasteiger partial charge in [-0.25, -0.2) is 10.2 Å². The lowest BCUT2D eigenvalue weighted by molar-refractivity contribution is -0.139. The minimum atomic E-state index is -4.58. The molecule has 0 radical (unpaired) electrons. The summed E-state index contributed by atoms with van der Waals surface area (Å²) in [5.74, 6) is -3.19. The molecular formula is C18H14F3N3O5. The van der Waals surface area contributed by atoms with Crippen molar-refractivity contribution in [3.8, 4) is 5.75 Å². The van der Waals surface area contributed by atoms with Crippen LogP contribution in [0.15, 0.2) is 53.6 Å². The summed E-state index contributed by atoms with van der Waals surface area (Å²) in [6.07, 6.45) is -3.38. The Kier molecular flexibility index (Phi) is 6.90. The molecule has 0 saturated heterocycles. The normalized spacial score (nSPS) is 11.1. The SMILES string of the molecule is O=C(O)COc1ccc(/C=N\NC(=O)C(=O)Nc2cccc(C(F)(F)F)c2)cc1. The number of halogens is 3. The first-order valence-corrected chi connectivity index (χ1v) is 7.91. The highest BCUT2D eigenvalue weighted by Crippen LogP contribution is 2.30. The van der Waals surface area contributed by atoms with E-state index in [1.807, 2.05) is 10.7 Å². The van der Waals surface area contributed by atoms with Crippen LogP contribution in [0.25, 0.3) is 0 Å². The number of amides is 2. The first-order chi connectivity index (χ1) is 13.6. The number of nitrogens with one attached hydrogen (secondary N) is 2. The summed E-state index contributed by atoms with van der Waals surface area (Å²) in [6.45, 7) is -0.496. The van der Waals surface area contributed by atoms with Crippen molar-refractivity contribution in [3.05, 3.63) is 59.7 Å². The highest BCUT2D eigenvalue weighted by molar-refractivity contribution is 6.39. The second-order valence-electron chi connectivity index (χ2n) is 5.48. The zero-order valence-electron chi connectivity index (χ0n) is 14.6. The summed E-state index contributed by atoms with van der Waals surface area (Å²) < 4.78 is 42.9. The molecule has 152 valence electrons. The average Bonchev–Trinajstić information content (AvgIpc) is 2.66. The van der Waals surface area contributed by atoms with Gasteiger partial charge in [0.15, 0.2) is 6.61 Å². The molecule has 2 aromatic carbocycles. The van der Waals surface area contributed by atoms with Gasteiger partial charge in [0.2, 0.25) is 0 Å². The molecule has 3 N–H and O–H groups in total. The van der Waals surface area contributed by atoms with Gasteiger partial charge in [-0.2, -0.15) is 18.3 Å². The Labute approximate surface area is 162 Å². The number of carboxylic acids is 1.